The third-order valence-electron chi connectivity index (χ3n) is 9.31. The lowest BCUT2D eigenvalue weighted by molar-refractivity contribution is -0.0585. The third kappa shape index (κ3) is 6.26. The summed E-state index contributed by atoms with van der Waals surface area (Å²) in [6.45, 7) is 9.77. The average Bonchev–Trinajstić information content (AvgIpc) is 2.78. The summed E-state index contributed by atoms with van der Waals surface area (Å²) in [7, 11) is 0. The maximum absolute atomic E-state index is 6.47. The molecule has 0 bridgehead atoms. The second kappa shape index (κ2) is 10.6. The van der Waals surface area contributed by atoms with Gasteiger partial charge in [0.2, 0.25) is 0 Å². The van der Waals surface area contributed by atoms with Crippen molar-refractivity contribution in [2.45, 2.75) is 129 Å². The Hall–Kier alpha value is -0.600. The molecule has 0 aromatic carbocycles. The number of hydrogen-bond donors (Lipinski definition) is 0. The van der Waals surface area contributed by atoms with Crippen molar-refractivity contribution in [3.63, 3.8) is 0 Å². The first-order valence-corrected chi connectivity index (χ1v) is 13.6. The molecule has 2 nitrogen and oxygen atoms in total. The van der Waals surface area contributed by atoms with E-state index in [0.717, 1.165) is 23.7 Å². The van der Waals surface area contributed by atoms with E-state index >= 15 is 0 Å². The van der Waals surface area contributed by atoms with Crippen LogP contribution in [0.1, 0.15) is 105 Å². The molecule has 0 radical (unpaired) electrons. The van der Waals surface area contributed by atoms with Gasteiger partial charge < -0.3 is 9.47 Å². The van der Waals surface area contributed by atoms with Gasteiger partial charge in [0.1, 0.15) is 0 Å². The fourth-order valence-corrected chi connectivity index (χ4v) is 6.81. The van der Waals surface area contributed by atoms with Gasteiger partial charge in [-0.05, 0) is 106 Å². The van der Waals surface area contributed by atoms with Crippen LogP contribution in [0, 0.1) is 29.1 Å². The highest BCUT2D eigenvalue weighted by atomic mass is 16.5. The highest BCUT2D eigenvalue weighted by molar-refractivity contribution is 5.00. The normalized spacial score (nSPS) is 41.9. The Kier molecular flexibility index (Phi) is 8.02. The van der Waals surface area contributed by atoms with E-state index in [9.17, 15) is 0 Å². The van der Waals surface area contributed by atoms with Crippen molar-refractivity contribution in [3.8, 4) is 0 Å². The lowest BCUT2D eigenvalue weighted by atomic mass is 9.60. The van der Waals surface area contributed by atoms with Crippen molar-refractivity contribution >= 4 is 0 Å². The molecule has 2 fully saturated rings. The quantitative estimate of drug-likeness (QED) is 0.401. The Morgan fingerprint density at radius 3 is 1.23 bits per heavy atom. The van der Waals surface area contributed by atoms with E-state index in [4.69, 9.17) is 9.47 Å². The number of hydrogen-bond acceptors (Lipinski definition) is 2. The van der Waals surface area contributed by atoms with Crippen LogP contribution in [-0.2, 0) is 9.47 Å². The maximum Gasteiger partial charge on any atom is 0.0759 e. The van der Waals surface area contributed by atoms with E-state index in [1.165, 1.54) is 77.0 Å². The highest BCUT2D eigenvalue weighted by Crippen LogP contribution is 2.49. The van der Waals surface area contributed by atoms with Gasteiger partial charge in [0.15, 0.2) is 0 Å². The molecule has 4 atom stereocenters. The molecular formula is C29H48O2. The standard InChI is InChI=1S/C29H48O2/c1-21-5-13-25(14-6-21)30-27-17-9-23(10-18-27)29(3,4)24-11-19-28(20-12-24)31-26-15-7-22(2)8-16-26/h5,7,13,15,21-28H,6,8-12,14,16-20H2,1-4H3. The monoisotopic (exact) mass is 428 g/mol. The fourth-order valence-electron chi connectivity index (χ4n) is 6.81. The third-order valence-corrected chi connectivity index (χ3v) is 9.31. The van der Waals surface area contributed by atoms with Gasteiger partial charge in [0.25, 0.3) is 0 Å². The van der Waals surface area contributed by atoms with E-state index in [-0.39, 0.29) is 0 Å². The van der Waals surface area contributed by atoms with Gasteiger partial charge in [-0.15, -0.1) is 0 Å². The van der Waals surface area contributed by atoms with Crippen LogP contribution in [0.25, 0.3) is 0 Å². The molecule has 0 aromatic heterocycles. The first kappa shape index (κ1) is 23.6. The van der Waals surface area contributed by atoms with E-state index < -0.39 is 0 Å². The first-order valence-electron chi connectivity index (χ1n) is 13.6. The number of allylic oxidation sites excluding steroid dienone is 2. The minimum Gasteiger partial charge on any atom is -0.371 e. The van der Waals surface area contributed by atoms with E-state index in [2.05, 4.69) is 52.0 Å². The van der Waals surface area contributed by atoms with Crippen LogP contribution < -0.4 is 0 Å². The van der Waals surface area contributed by atoms with Crippen molar-refractivity contribution < 1.29 is 9.47 Å². The second-order valence-electron chi connectivity index (χ2n) is 12.0. The molecule has 176 valence electrons. The maximum atomic E-state index is 6.47. The van der Waals surface area contributed by atoms with E-state index in [1.54, 1.807) is 0 Å². The minimum absolute atomic E-state index is 0.378. The molecule has 4 unspecified atom stereocenters. The van der Waals surface area contributed by atoms with Crippen LogP contribution in [0.4, 0.5) is 0 Å². The first-order chi connectivity index (χ1) is 14.9. The van der Waals surface area contributed by atoms with Crippen molar-refractivity contribution in [1.82, 2.24) is 0 Å². The minimum atomic E-state index is 0.378. The van der Waals surface area contributed by atoms with Crippen molar-refractivity contribution in [3.05, 3.63) is 24.3 Å². The predicted octanol–water partition coefficient (Wildman–Crippen LogP) is 7.87. The average molecular weight is 429 g/mol. The summed E-state index contributed by atoms with van der Waals surface area (Å²) in [6, 6.07) is 0. The molecule has 4 aliphatic rings. The molecule has 2 heteroatoms. The second-order valence-corrected chi connectivity index (χ2v) is 12.0. The summed E-state index contributed by atoms with van der Waals surface area (Å²) in [5.41, 5.74) is 0.455. The van der Waals surface area contributed by atoms with Crippen molar-refractivity contribution in [2.24, 2.45) is 29.1 Å². The molecular weight excluding hydrogens is 380 g/mol. The van der Waals surface area contributed by atoms with Gasteiger partial charge >= 0.3 is 0 Å². The topological polar surface area (TPSA) is 18.5 Å². The van der Waals surface area contributed by atoms with E-state index in [1.807, 2.05) is 0 Å². The molecule has 2 saturated carbocycles. The Bertz CT molecular complexity index is 552. The van der Waals surface area contributed by atoms with Gasteiger partial charge in [-0.2, -0.15) is 0 Å². The lowest BCUT2D eigenvalue weighted by Crippen LogP contribution is -2.40. The molecule has 31 heavy (non-hydrogen) atoms. The zero-order valence-corrected chi connectivity index (χ0v) is 20.7. The van der Waals surface area contributed by atoms with Gasteiger partial charge in [-0.1, -0.05) is 52.0 Å². The van der Waals surface area contributed by atoms with Gasteiger partial charge in [0, 0.05) is 0 Å². The predicted molar refractivity (Wildman–Crippen MR) is 130 cm³/mol. The molecule has 4 rings (SSSR count). The van der Waals surface area contributed by atoms with Crippen LogP contribution in [0.15, 0.2) is 24.3 Å². The molecule has 0 spiro atoms. The summed E-state index contributed by atoms with van der Waals surface area (Å²) in [6.07, 6.45) is 26.6. The summed E-state index contributed by atoms with van der Waals surface area (Å²) in [4.78, 5) is 0. The van der Waals surface area contributed by atoms with Crippen LogP contribution >= 0.6 is 0 Å². The molecule has 0 saturated heterocycles. The van der Waals surface area contributed by atoms with Gasteiger partial charge in [-0.3, -0.25) is 0 Å². The number of rotatable bonds is 6. The molecule has 4 aliphatic carbocycles. The molecule has 0 heterocycles. The Morgan fingerprint density at radius 2 is 0.903 bits per heavy atom. The highest BCUT2D eigenvalue weighted by Gasteiger charge is 2.41. The number of ether oxygens (including phenoxy) is 2. The largest absolute Gasteiger partial charge is 0.371 e. The van der Waals surface area contributed by atoms with Crippen molar-refractivity contribution in [1.29, 1.82) is 0 Å². The van der Waals surface area contributed by atoms with Crippen LogP contribution in [0.3, 0.4) is 0 Å². The van der Waals surface area contributed by atoms with Crippen LogP contribution in [0.5, 0.6) is 0 Å². The zero-order chi connectivity index (χ0) is 21.8. The fraction of sp³-hybridized carbons (Fsp3) is 0.862. The molecule has 0 aliphatic heterocycles. The Labute approximate surface area is 192 Å². The Morgan fingerprint density at radius 1 is 0.516 bits per heavy atom. The van der Waals surface area contributed by atoms with Gasteiger partial charge in [0.05, 0.1) is 24.4 Å². The molecule has 0 aromatic rings. The molecule has 0 N–H and O–H groups in total. The Balaban J connectivity index is 1.20. The summed E-state index contributed by atoms with van der Waals surface area (Å²) in [5.74, 6) is 3.19. The summed E-state index contributed by atoms with van der Waals surface area (Å²) < 4.78 is 12.9. The SMILES string of the molecule is CC1C=CC(OC2CCC(C(C)(C)C3CCC(OC4C=CC(C)CC4)CC3)CC2)CC1. The van der Waals surface area contributed by atoms with Crippen LogP contribution in [0.2, 0.25) is 0 Å². The van der Waals surface area contributed by atoms with Crippen molar-refractivity contribution in [2.75, 3.05) is 0 Å². The van der Waals surface area contributed by atoms with Gasteiger partial charge in [-0.25, -0.2) is 0 Å². The summed E-state index contributed by atoms with van der Waals surface area (Å²) >= 11 is 0. The molecule has 0 amide bonds. The van der Waals surface area contributed by atoms with E-state index in [0.29, 0.717) is 29.8 Å². The summed E-state index contributed by atoms with van der Waals surface area (Å²) in [5, 5.41) is 0. The zero-order valence-electron chi connectivity index (χ0n) is 20.7. The lowest BCUT2D eigenvalue weighted by Gasteiger charge is -2.47. The smallest absolute Gasteiger partial charge is 0.0759 e. The van der Waals surface area contributed by atoms with Crippen LogP contribution in [-0.4, -0.2) is 24.4 Å².